The maximum atomic E-state index is 12.7. The molecule has 1 aromatic carbocycles. The summed E-state index contributed by atoms with van der Waals surface area (Å²) in [6.45, 7) is 4.63. The van der Waals surface area contributed by atoms with E-state index in [4.69, 9.17) is 9.47 Å². The quantitative estimate of drug-likeness (QED) is 0.790. The monoisotopic (exact) mass is 348 g/mol. The lowest BCUT2D eigenvalue weighted by Crippen LogP contribution is -2.37. The Bertz CT molecular complexity index is 603. The lowest BCUT2D eigenvalue weighted by atomic mass is 10.1. The second kappa shape index (κ2) is 9.30. The molecule has 1 fully saturated rings. The van der Waals surface area contributed by atoms with Gasteiger partial charge in [-0.2, -0.15) is 0 Å². The molecule has 0 spiro atoms. The van der Waals surface area contributed by atoms with E-state index in [1.807, 2.05) is 28.9 Å². The number of methoxy groups -OCH3 is 2. The minimum absolute atomic E-state index is 0.0632. The van der Waals surface area contributed by atoms with Crippen LogP contribution in [-0.4, -0.2) is 62.0 Å². The van der Waals surface area contributed by atoms with Gasteiger partial charge in [0.2, 0.25) is 11.8 Å². The number of amides is 2. The first-order valence-corrected chi connectivity index (χ1v) is 8.85. The first-order chi connectivity index (χ1) is 12.1. The summed E-state index contributed by atoms with van der Waals surface area (Å²) in [4.78, 5) is 28.5. The van der Waals surface area contributed by atoms with Crippen LogP contribution in [0.1, 0.15) is 31.7 Å². The van der Waals surface area contributed by atoms with Gasteiger partial charge in [0.05, 0.1) is 20.6 Å². The topological polar surface area (TPSA) is 59.1 Å². The Labute approximate surface area is 149 Å². The Morgan fingerprint density at radius 3 is 2.28 bits per heavy atom. The summed E-state index contributed by atoms with van der Waals surface area (Å²) in [7, 11) is 3.19. The van der Waals surface area contributed by atoms with Crippen molar-refractivity contribution in [2.75, 3.05) is 40.4 Å². The predicted octanol–water partition coefficient (Wildman–Crippen LogP) is 2.11. The number of nitrogens with zero attached hydrogens (tertiary/aromatic N) is 2. The molecule has 0 bridgehead atoms. The van der Waals surface area contributed by atoms with Crippen molar-refractivity contribution in [3.63, 3.8) is 0 Å². The smallest absolute Gasteiger partial charge is 0.227 e. The van der Waals surface area contributed by atoms with E-state index in [2.05, 4.69) is 0 Å². The summed E-state index contributed by atoms with van der Waals surface area (Å²) in [5.41, 5.74) is 0.844. The molecule has 25 heavy (non-hydrogen) atoms. The van der Waals surface area contributed by atoms with Crippen molar-refractivity contribution in [2.45, 2.75) is 32.6 Å². The number of rotatable bonds is 6. The number of hydrogen-bond donors (Lipinski definition) is 0. The van der Waals surface area contributed by atoms with Crippen LogP contribution in [0.2, 0.25) is 0 Å². The van der Waals surface area contributed by atoms with Gasteiger partial charge in [-0.25, -0.2) is 0 Å². The molecule has 0 aliphatic carbocycles. The first kappa shape index (κ1) is 19.1. The van der Waals surface area contributed by atoms with Crippen molar-refractivity contribution in [3.05, 3.63) is 23.8 Å². The number of carbonyl (C=O) groups is 2. The third-order valence-electron chi connectivity index (χ3n) is 4.50. The van der Waals surface area contributed by atoms with Gasteiger partial charge in [0, 0.05) is 44.2 Å². The highest BCUT2D eigenvalue weighted by Crippen LogP contribution is 2.25. The van der Waals surface area contributed by atoms with Gasteiger partial charge in [0.1, 0.15) is 11.5 Å². The van der Waals surface area contributed by atoms with Crippen LogP contribution >= 0.6 is 0 Å². The summed E-state index contributed by atoms with van der Waals surface area (Å²) < 4.78 is 10.6. The van der Waals surface area contributed by atoms with Crippen molar-refractivity contribution < 1.29 is 19.1 Å². The zero-order chi connectivity index (χ0) is 18.2. The highest BCUT2D eigenvalue weighted by atomic mass is 16.5. The summed E-state index contributed by atoms with van der Waals surface area (Å²) in [5.74, 6) is 1.61. The third kappa shape index (κ3) is 5.11. The molecule has 1 saturated heterocycles. The van der Waals surface area contributed by atoms with Gasteiger partial charge in [-0.05, 0) is 18.9 Å². The van der Waals surface area contributed by atoms with Crippen LogP contribution in [0.15, 0.2) is 18.2 Å². The molecule has 1 aromatic rings. The highest BCUT2D eigenvalue weighted by molar-refractivity contribution is 5.80. The van der Waals surface area contributed by atoms with Gasteiger partial charge in [-0.3, -0.25) is 9.59 Å². The zero-order valence-electron chi connectivity index (χ0n) is 15.4. The van der Waals surface area contributed by atoms with Crippen molar-refractivity contribution in [1.29, 1.82) is 0 Å². The molecule has 1 heterocycles. The van der Waals surface area contributed by atoms with Gasteiger partial charge >= 0.3 is 0 Å². The fraction of sp³-hybridized carbons (Fsp3) is 0.579. The van der Waals surface area contributed by atoms with E-state index in [1.165, 1.54) is 0 Å². The number of benzene rings is 1. The molecule has 0 N–H and O–H groups in total. The maximum Gasteiger partial charge on any atom is 0.227 e. The summed E-state index contributed by atoms with van der Waals surface area (Å²) in [5, 5.41) is 0. The van der Waals surface area contributed by atoms with Crippen molar-refractivity contribution in [3.8, 4) is 11.5 Å². The van der Waals surface area contributed by atoms with E-state index in [-0.39, 0.29) is 18.2 Å². The molecule has 0 radical (unpaired) electrons. The Morgan fingerprint density at radius 1 is 1.00 bits per heavy atom. The minimum atomic E-state index is 0.0632. The summed E-state index contributed by atoms with van der Waals surface area (Å²) >= 11 is 0. The Morgan fingerprint density at radius 2 is 1.68 bits per heavy atom. The Kier molecular flexibility index (Phi) is 7.10. The molecule has 6 nitrogen and oxygen atoms in total. The molecule has 0 atom stereocenters. The minimum Gasteiger partial charge on any atom is -0.497 e. The molecule has 138 valence electrons. The van der Waals surface area contributed by atoms with Crippen molar-refractivity contribution in [1.82, 2.24) is 9.80 Å². The molecule has 6 heteroatoms. The van der Waals surface area contributed by atoms with E-state index in [9.17, 15) is 9.59 Å². The van der Waals surface area contributed by atoms with Crippen molar-refractivity contribution >= 4 is 11.8 Å². The number of hydrogen-bond acceptors (Lipinski definition) is 4. The SMILES string of the molecule is CCCC(=O)N1CCCN(C(=O)Cc2ccc(OC)cc2OC)CC1. The van der Waals surface area contributed by atoms with Crippen molar-refractivity contribution in [2.24, 2.45) is 0 Å². The Hall–Kier alpha value is -2.24. The molecule has 1 aliphatic rings. The van der Waals surface area contributed by atoms with Crippen LogP contribution in [0, 0.1) is 0 Å². The molecular weight excluding hydrogens is 320 g/mol. The van der Waals surface area contributed by atoms with E-state index in [0.29, 0.717) is 37.6 Å². The van der Waals surface area contributed by atoms with Crippen LogP contribution < -0.4 is 9.47 Å². The van der Waals surface area contributed by atoms with Crippen LogP contribution in [0.3, 0.4) is 0 Å². The van der Waals surface area contributed by atoms with E-state index < -0.39 is 0 Å². The Balaban J connectivity index is 1.98. The standard InChI is InChI=1S/C19H28N2O4/c1-4-6-18(22)20-9-5-10-21(12-11-20)19(23)13-15-7-8-16(24-2)14-17(15)25-3/h7-8,14H,4-6,9-13H2,1-3H3. The molecule has 0 unspecified atom stereocenters. The van der Waals surface area contributed by atoms with E-state index in [0.717, 1.165) is 24.9 Å². The van der Waals surface area contributed by atoms with Gasteiger partial charge < -0.3 is 19.3 Å². The average molecular weight is 348 g/mol. The van der Waals surface area contributed by atoms with Crippen LogP contribution in [0.5, 0.6) is 11.5 Å². The van der Waals surface area contributed by atoms with Crippen LogP contribution in [0.25, 0.3) is 0 Å². The molecule has 2 rings (SSSR count). The lowest BCUT2D eigenvalue weighted by Gasteiger charge is -2.22. The molecule has 2 amide bonds. The average Bonchev–Trinajstić information content (AvgIpc) is 2.88. The zero-order valence-corrected chi connectivity index (χ0v) is 15.4. The second-order valence-electron chi connectivity index (χ2n) is 6.22. The normalized spacial score (nSPS) is 14.8. The second-order valence-corrected chi connectivity index (χ2v) is 6.22. The lowest BCUT2D eigenvalue weighted by molar-refractivity contribution is -0.133. The summed E-state index contributed by atoms with van der Waals surface area (Å²) in [6, 6.07) is 5.49. The largest absolute Gasteiger partial charge is 0.497 e. The molecular formula is C19H28N2O4. The predicted molar refractivity (Wildman–Crippen MR) is 95.9 cm³/mol. The maximum absolute atomic E-state index is 12.7. The van der Waals surface area contributed by atoms with Gasteiger partial charge in [0.15, 0.2) is 0 Å². The third-order valence-corrected chi connectivity index (χ3v) is 4.50. The van der Waals surface area contributed by atoms with Gasteiger partial charge in [-0.1, -0.05) is 13.0 Å². The van der Waals surface area contributed by atoms with Gasteiger partial charge in [-0.15, -0.1) is 0 Å². The highest BCUT2D eigenvalue weighted by Gasteiger charge is 2.22. The van der Waals surface area contributed by atoms with E-state index >= 15 is 0 Å². The fourth-order valence-corrected chi connectivity index (χ4v) is 3.06. The molecule has 1 aliphatic heterocycles. The number of ether oxygens (including phenoxy) is 2. The number of carbonyl (C=O) groups excluding carboxylic acids is 2. The molecule has 0 saturated carbocycles. The first-order valence-electron chi connectivity index (χ1n) is 8.85. The summed E-state index contributed by atoms with van der Waals surface area (Å²) in [6.07, 6.45) is 2.54. The molecule has 0 aromatic heterocycles. The van der Waals surface area contributed by atoms with E-state index in [1.54, 1.807) is 20.3 Å². The van der Waals surface area contributed by atoms with Crippen LogP contribution in [-0.2, 0) is 16.0 Å². The van der Waals surface area contributed by atoms with Gasteiger partial charge in [0.25, 0.3) is 0 Å². The fourth-order valence-electron chi connectivity index (χ4n) is 3.06. The van der Waals surface area contributed by atoms with Crippen LogP contribution in [0.4, 0.5) is 0 Å².